The second kappa shape index (κ2) is 5.83. The lowest BCUT2D eigenvalue weighted by atomic mass is 9.94. The molecule has 0 bridgehead atoms. The highest BCUT2D eigenvalue weighted by Crippen LogP contribution is 2.26. The van der Waals surface area contributed by atoms with Crippen LogP contribution in [0.3, 0.4) is 0 Å². The Labute approximate surface area is 104 Å². The van der Waals surface area contributed by atoms with Crippen LogP contribution in [0.5, 0.6) is 0 Å². The van der Waals surface area contributed by atoms with Crippen molar-refractivity contribution in [1.82, 2.24) is 9.80 Å². The van der Waals surface area contributed by atoms with Gasteiger partial charge >= 0.3 is 0 Å². The van der Waals surface area contributed by atoms with Crippen LogP contribution in [0.2, 0.25) is 0 Å². The summed E-state index contributed by atoms with van der Waals surface area (Å²) in [5, 5.41) is 0. The van der Waals surface area contributed by atoms with Gasteiger partial charge in [-0.05, 0) is 57.7 Å². The molecular formula is C13H25N3O. The molecule has 17 heavy (non-hydrogen) atoms. The fourth-order valence-electron chi connectivity index (χ4n) is 2.64. The molecule has 0 radical (unpaired) electrons. The molecule has 98 valence electrons. The molecule has 2 aliphatic rings. The Morgan fingerprint density at radius 2 is 1.94 bits per heavy atom. The van der Waals surface area contributed by atoms with Crippen LogP contribution in [0.1, 0.15) is 32.1 Å². The third-order valence-corrected chi connectivity index (χ3v) is 4.13. The summed E-state index contributed by atoms with van der Waals surface area (Å²) in [6, 6.07) is 0.539. The van der Waals surface area contributed by atoms with Gasteiger partial charge in [0.15, 0.2) is 0 Å². The Hall–Kier alpha value is -0.610. The molecule has 1 saturated heterocycles. The quantitative estimate of drug-likeness (QED) is 0.767. The van der Waals surface area contributed by atoms with Gasteiger partial charge in [-0.15, -0.1) is 0 Å². The van der Waals surface area contributed by atoms with E-state index >= 15 is 0 Å². The van der Waals surface area contributed by atoms with Crippen LogP contribution in [0.15, 0.2) is 0 Å². The molecule has 4 heteroatoms. The number of hydrogen-bond acceptors (Lipinski definition) is 3. The monoisotopic (exact) mass is 239 g/mol. The summed E-state index contributed by atoms with van der Waals surface area (Å²) in [5.74, 6) is 1.08. The second-order valence-corrected chi connectivity index (χ2v) is 5.53. The molecule has 0 unspecified atom stereocenters. The van der Waals surface area contributed by atoms with Gasteiger partial charge in [-0.1, -0.05) is 0 Å². The molecule has 0 aromatic heterocycles. The average molecular weight is 239 g/mol. The summed E-state index contributed by atoms with van der Waals surface area (Å²) in [7, 11) is 1.95. The fraction of sp³-hybridized carbons (Fsp3) is 0.923. The van der Waals surface area contributed by atoms with Crippen molar-refractivity contribution in [2.24, 2.45) is 11.7 Å². The zero-order chi connectivity index (χ0) is 12.3. The van der Waals surface area contributed by atoms with Crippen LogP contribution in [0.25, 0.3) is 0 Å². The van der Waals surface area contributed by atoms with Crippen LogP contribution in [0.4, 0.5) is 0 Å². The summed E-state index contributed by atoms with van der Waals surface area (Å²) in [4.78, 5) is 16.2. The van der Waals surface area contributed by atoms with E-state index in [1.807, 2.05) is 11.9 Å². The summed E-state index contributed by atoms with van der Waals surface area (Å²) in [6.45, 7) is 3.54. The first-order valence-corrected chi connectivity index (χ1v) is 6.88. The SMILES string of the molecule is CN(C(=O)CN1CCC(CCN)CC1)C1CC1. The van der Waals surface area contributed by atoms with Crippen molar-refractivity contribution in [1.29, 1.82) is 0 Å². The third kappa shape index (κ3) is 3.68. The summed E-state index contributed by atoms with van der Waals surface area (Å²) >= 11 is 0. The van der Waals surface area contributed by atoms with Crippen LogP contribution >= 0.6 is 0 Å². The Balaban J connectivity index is 1.68. The maximum absolute atomic E-state index is 12.0. The van der Waals surface area contributed by atoms with Gasteiger partial charge in [0.1, 0.15) is 0 Å². The van der Waals surface area contributed by atoms with E-state index in [1.54, 1.807) is 0 Å². The summed E-state index contributed by atoms with van der Waals surface area (Å²) in [6.07, 6.45) is 5.95. The molecule has 0 aromatic carbocycles. The number of carbonyl (C=O) groups excluding carboxylic acids is 1. The number of piperidine rings is 1. The zero-order valence-electron chi connectivity index (χ0n) is 10.9. The predicted molar refractivity (Wildman–Crippen MR) is 68.6 cm³/mol. The first-order chi connectivity index (χ1) is 8.20. The molecule has 0 spiro atoms. The van der Waals surface area contributed by atoms with Gasteiger partial charge in [0.2, 0.25) is 5.91 Å². The molecular weight excluding hydrogens is 214 g/mol. The lowest BCUT2D eigenvalue weighted by Crippen LogP contribution is -2.43. The largest absolute Gasteiger partial charge is 0.342 e. The van der Waals surface area contributed by atoms with E-state index in [0.29, 0.717) is 18.5 Å². The number of rotatable bonds is 5. The van der Waals surface area contributed by atoms with Crippen molar-refractivity contribution in [2.45, 2.75) is 38.1 Å². The Morgan fingerprint density at radius 3 is 2.47 bits per heavy atom. The minimum atomic E-state index is 0.296. The van der Waals surface area contributed by atoms with Gasteiger partial charge in [0, 0.05) is 13.1 Å². The maximum Gasteiger partial charge on any atom is 0.236 e. The van der Waals surface area contributed by atoms with Crippen molar-refractivity contribution in [2.75, 3.05) is 33.2 Å². The van der Waals surface area contributed by atoms with Gasteiger partial charge in [-0.3, -0.25) is 9.69 Å². The van der Waals surface area contributed by atoms with E-state index in [-0.39, 0.29) is 0 Å². The van der Waals surface area contributed by atoms with Crippen LogP contribution < -0.4 is 5.73 Å². The molecule has 0 atom stereocenters. The molecule has 0 aromatic rings. The van der Waals surface area contributed by atoms with Gasteiger partial charge in [-0.2, -0.15) is 0 Å². The smallest absolute Gasteiger partial charge is 0.236 e. The van der Waals surface area contributed by atoms with E-state index in [9.17, 15) is 4.79 Å². The standard InChI is InChI=1S/C13H25N3O/c1-15(12-2-3-12)13(17)10-16-8-5-11(4-7-14)6-9-16/h11-12H,2-10,14H2,1H3. The predicted octanol–water partition coefficient (Wildman–Crippen LogP) is 0.668. The summed E-state index contributed by atoms with van der Waals surface area (Å²) in [5.41, 5.74) is 5.58. The van der Waals surface area contributed by atoms with Crippen LogP contribution in [-0.2, 0) is 4.79 Å². The van der Waals surface area contributed by atoms with E-state index in [1.165, 1.54) is 25.7 Å². The first-order valence-electron chi connectivity index (χ1n) is 6.88. The number of likely N-dealkylation sites (N-methyl/N-ethyl adjacent to an activating group) is 1. The highest BCUT2D eigenvalue weighted by Gasteiger charge is 2.30. The normalized spacial score (nSPS) is 22.7. The lowest BCUT2D eigenvalue weighted by Gasteiger charge is -2.32. The molecule has 1 aliphatic carbocycles. The molecule has 2 fully saturated rings. The number of hydrogen-bond donors (Lipinski definition) is 1. The minimum absolute atomic E-state index is 0.296. The molecule has 2 N–H and O–H groups in total. The van der Waals surface area contributed by atoms with Crippen molar-refractivity contribution in [3.8, 4) is 0 Å². The Morgan fingerprint density at radius 1 is 1.29 bits per heavy atom. The molecule has 1 aliphatic heterocycles. The van der Waals surface area contributed by atoms with Crippen molar-refractivity contribution in [3.05, 3.63) is 0 Å². The van der Waals surface area contributed by atoms with Gasteiger partial charge in [-0.25, -0.2) is 0 Å². The number of carbonyl (C=O) groups is 1. The van der Waals surface area contributed by atoms with Crippen molar-refractivity contribution in [3.63, 3.8) is 0 Å². The van der Waals surface area contributed by atoms with E-state index in [0.717, 1.165) is 32.0 Å². The fourth-order valence-corrected chi connectivity index (χ4v) is 2.64. The molecule has 1 amide bonds. The van der Waals surface area contributed by atoms with Gasteiger partial charge in [0.05, 0.1) is 6.54 Å². The van der Waals surface area contributed by atoms with Crippen LogP contribution in [-0.4, -0.2) is 55.0 Å². The Kier molecular flexibility index (Phi) is 4.40. The number of nitrogens with two attached hydrogens (primary N) is 1. The van der Waals surface area contributed by atoms with Crippen molar-refractivity contribution >= 4 is 5.91 Å². The molecule has 2 rings (SSSR count). The van der Waals surface area contributed by atoms with Gasteiger partial charge in [0.25, 0.3) is 0 Å². The van der Waals surface area contributed by atoms with Gasteiger partial charge < -0.3 is 10.6 Å². The molecule has 1 saturated carbocycles. The minimum Gasteiger partial charge on any atom is -0.342 e. The first kappa shape index (κ1) is 12.8. The lowest BCUT2D eigenvalue weighted by molar-refractivity contribution is -0.132. The average Bonchev–Trinajstić information content (AvgIpc) is 3.15. The van der Waals surface area contributed by atoms with E-state index in [4.69, 9.17) is 5.73 Å². The Bertz CT molecular complexity index is 257. The topological polar surface area (TPSA) is 49.6 Å². The second-order valence-electron chi connectivity index (χ2n) is 5.53. The number of amides is 1. The molecule has 1 heterocycles. The summed E-state index contributed by atoms with van der Waals surface area (Å²) < 4.78 is 0. The third-order valence-electron chi connectivity index (χ3n) is 4.13. The van der Waals surface area contributed by atoms with Crippen LogP contribution in [0, 0.1) is 5.92 Å². The van der Waals surface area contributed by atoms with E-state index in [2.05, 4.69) is 4.90 Å². The molecule has 4 nitrogen and oxygen atoms in total. The highest BCUT2D eigenvalue weighted by atomic mass is 16.2. The number of nitrogens with zero attached hydrogens (tertiary/aromatic N) is 2. The maximum atomic E-state index is 12.0. The highest BCUT2D eigenvalue weighted by molar-refractivity contribution is 5.78. The van der Waals surface area contributed by atoms with E-state index < -0.39 is 0 Å². The zero-order valence-corrected chi connectivity index (χ0v) is 10.9. The number of likely N-dealkylation sites (tertiary alicyclic amines) is 1. The van der Waals surface area contributed by atoms with Crippen molar-refractivity contribution < 1.29 is 4.79 Å².